The molecule has 1 unspecified atom stereocenters. The number of hydrogen-bond acceptors (Lipinski definition) is 2. The fourth-order valence-corrected chi connectivity index (χ4v) is 1.70. The highest BCUT2D eigenvalue weighted by atomic mass is 35.5. The third kappa shape index (κ3) is 7.06. The second-order valence-corrected chi connectivity index (χ2v) is 4.24. The van der Waals surface area contributed by atoms with Gasteiger partial charge in [-0.1, -0.05) is 0 Å². The molecule has 0 radical (unpaired) electrons. The van der Waals surface area contributed by atoms with Crippen LogP contribution < -0.4 is 10.6 Å². The van der Waals surface area contributed by atoms with Crippen molar-refractivity contribution in [3.05, 3.63) is 0 Å². The summed E-state index contributed by atoms with van der Waals surface area (Å²) >= 11 is 10.6. The summed E-state index contributed by atoms with van der Waals surface area (Å²) in [5.74, 6) is 0.606. The van der Waals surface area contributed by atoms with Crippen molar-refractivity contribution in [1.82, 2.24) is 5.09 Å². The van der Waals surface area contributed by atoms with E-state index in [4.69, 9.17) is 33.2 Å². The van der Waals surface area contributed by atoms with Crippen LogP contribution in [0.1, 0.15) is 0 Å². The highest BCUT2D eigenvalue weighted by Crippen LogP contribution is 2.31. The number of hydrogen-bond donors (Lipinski definition) is 2. The van der Waals surface area contributed by atoms with Gasteiger partial charge in [0.2, 0.25) is 0 Å². The molecule has 0 aliphatic carbocycles. The third-order valence-electron chi connectivity index (χ3n) is 0.787. The molecule has 0 aliphatic heterocycles. The van der Waals surface area contributed by atoms with Gasteiger partial charge in [-0.05, 0) is 0 Å². The first kappa shape index (κ1) is 11.7. The summed E-state index contributed by atoms with van der Waals surface area (Å²) in [7, 11) is -3.14. The first-order chi connectivity index (χ1) is 5.12. The molecule has 0 saturated carbocycles. The Labute approximate surface area is 75.9 Å². The zero-order valence-corrected chi connectivity index (χ0v) is 8.33. The Hall–Kier alpha value is 0.690. The van der Waals surface area contributed by atoms with Crippen molar-refractivity contribution in [2.45, 2.75) is 0 Å². The largest absolute Gasteiger partial charge is 0.338 e. The van der Waals surface area contributed by atoms with Crippen LogP contribution in [0.15, 0.2) is 0 Å². The van der Waals surface area contributed by atoms with E-state index in [2.05, 4.69) is 5.09 Å². The van der Waals surface area contributed by atoms with Crippen LogP contribution in [0.4, 0.5) is 0 Å². The molecule has 4 nitrogen and oxygen atoms in total. The maximum atomic E-state index is 11.1. The van der Waals surface area contributed by atoms with Crippen molar-refractivity contribution in [3.63, 3.8) is 0 Å². The van der Waals surface area contributed by atoms with Gasteiger partial charge >= 0.3 is 7.67 Å². The van der Waals surface area contributed by atoms with Crippen LogP contribution in [-0.4, -0.2) is 24.9 Å². The van der Waals surface area contributed by atoms with E-state index in [1.165, 1.54) is 0 Å². The maximum Gasteiger partial charge on any atom is 0.338 e. The molecule has 0 fully saturated rings. The standard InChI is InChI=1S/C4H11Cl2N2O2P/c5-1-3-8-11(7,9)10-4-2-6/h1-4H2,(H3,7,8,9). The van der Waals surface area contributed by atoms with Crippen LogP contribution in [0.5, 0.6) is 0 Å². The van der Waals surface area contributed by atoms with E-state index in [1.54, 1.807) is 0 Å². The summed E-state index contributed by atoms with van der Waals surface area (Å²) in [6, 6.07) is 0. The minimum absolute atomic E-state index is 0.171. The zero-order chi connectivity index (χ0) is 8.74. The van der Waals surface area contributed by atoms with Gasteiger partial charge in [-0.25, -0.2) is 10.6 Å². The van der Waals surface area contributed by atoms with Crippen LogP contribution >= 0.6 is 30.9 Å². The van der Waals surface area contributed by atoms with Gasteiger partial charge in [0.05, 0.1) is 6.61 Å². The van der Waals surface area contributed by atoms with E-state index in [0.717, 1.165) is 0 Å². The average molecular weight is 221 g/mol. The molecule has 3 N–H and O–H groups in total. The number of nitrogens with two attached hydrogens (primary N) is 1. The van der Waals surface area contributed by atoms with Crippen LogP contribution in [0.3, 0.4) is 0 Å². The molecule has 0 aromatic heterocycles. The number of halogens is 2. The monoisotopic (exact) mass is 220 g/mol. The highest BCUT2D eigenvalue weighted by molar-refractivity contribution is 7.54. The van der Waals surface area contributed by atoms with Crippen molar-refractivity contribution in [2.24, 2.45) is 5.50 Å². The SMILES string of the molecule is NP(=O)(NCCCl)OCCCl. The number of rotatable bonds is 6. The van der Waals surface area contributed by atoms with Gasteiger partial charge < -0.3 is 4.52 Å². The molecule has 7 heteroatoms. The van der Waals surface area contributed by atoms with Crippen LogP contribution in [-0.2, 0) is 9.09 Å². The molecule has 11 heavy (non-hydrogen) atoms. The molecule has 0 rings (SSSR count). The summed E-state index contributed by atoms with van der Waals surface area (Å²) in [4.78, 5) is 0. The molecule has 0 aromatic carbocycles. The van der Waals surface area contributed by atoms with Crippen molar-refractivity contribution in [3.8, 4) is 0 Å². The number of alkyl halides is 2. The zero-order valence-electron chi connectivity index (χ0n) is 5.93. The fraction of sp³-hybridized carbons (Fsp3) is 1.00. The molecule has 0 aromatic rings. The smallest absolute Gasteiger partial charge is 0.305 e. The van der Waals surface area contributed by atoms with Crippen LogP contribution in [0.25, 0.3) is 0 Å². The predicted molar refractivity (Wildman–Crippen MR) is 47.2 cm³/mol. The fourth-order valence-electron chi connectivity index (χ4n) is 0.414. The van der Waals surface area contributed by atoms with Crippen LogP contribution in [0, 0.1) is 0 Å². The lowest BCUT2D eigenvalue weighted by Crippen LogP contribution is -2.20. The topological polar surface area (TPSA) is 64.4 Å². The lowest BCUT2D eigenvalue weighted by Gasteiger charge is -2.12. The first-order valence-electron chi connectivity index (χ1n) is 3.02. The van der Waals surface area contributed by atoms with Crippen molar-refractivity contribution in [2.75, 3.05) is 24.9 Å². The van der Waals surface area contributed by atoms with Gasteiger partial charge in [0.1, 0.15) is 0 Å². The first-order valence-corrected chi connectivity index (χ1v) is 5.79. The summed E-state index contributed by atoms with van der Waals surface area (Å²) < 4.78 is 15.8. The van der Waals surface area contributed by atoms with E-state index in [-0.39, 0.29) is 12.5 Å². The Morgan fingerprint density at radius 1 is 1.45 bits per heavy atom. The predicted octanol–water partition coefficient (Wildman–Crippen LogP) is 1.14. The van der Waals surface area contributed by atoms with Gasteiger partial charge in [0.25, 0.3) is 0 Å². The Morgan fingerprint density at radius 3 is 2.55 bits per heavy atom. The number of nitrogens with one attached hydrogen (secondary N) is 1. The molecule has 0 heterocycles. The molecule has 0 spiro atoms. The Bertz CT molecular complexity index is 134. The normalized spacial score (nSPS) is 16.3. The lowest BCUT2D eigenvalue weighted by molar-refractivity contribution is 0.328. The quantitative estimate of drug-likeness (QED) is 0.521. The molecule has 1 atom stereocenters. The van der Waals surface area contributed by atoms with E-state index in [0.29, 0.717) is 12.4 Å². The van der Waals surface area contributed by atoms with E-state index >= 15 is 0 Å². The third-order valence-corrected chi connectivity index (χ3v) is 2.36. The summed E-state index contributed by atoms with van der Waals surface area (Å²) in [5.41, 5.74) is 5.19. The second-order valence-electron chi connectivity index (χ2n) is 1.72. The van der Waals surface area contributed by atoms with Crippen molar-refractivity contribution >= 4 is 30.9 Å². The minimum atomic E-state index is -3.14. The van der Waals surface area contributed by atoms with Crippen LogP contribution in [0.2, 0.25) is 0 Å². The van der Waals surface area contributed by atoms with E-state index < -0.39 is 7.67 Å². The van der Waals surface area contributed by atoms with Gasteiger partial charge in [-0.2, -0.15) is 0 Å². The molecular formula is C4H11Cl2N2O2P. The Kier molecular flexibility index (Phi) is 6.62. The van der Waals surface area contributed by atoms with Gasteiger partial charge in [0.15, 0.2) is 0 Å². The van der Waals surface area contributed by atoms with Gasteiger partial charge in [-0.3, -0.25) is 4.57 Å². The van der Waals surface area contributed by atoms with Gasteiger partial charge in [-0.15, -0.1) is 23.2 Å². The summed E-state index contributed by atoms with van der Waals surface area (Å²) in [6.45, 7) is 0.530. The maximum absolute atomic E-state index is 11.1. The van der Waals surface area contributed by atoms with Crippen molar-refractivity contribution in [1.29, 1.82) is 0 Å². The highest BCUT2D eigenvalue weighted by Gasteiger charge is 2.13. The Morgan fingerprint density at radius 2 is 2.09 bits per heavy atom. The molecular weight excluding hydrogens is 210 g/mol. The molecule has 0 saturated heterocycles. The van der Waals surface area contributed by atoms with Crippen molar-refractivity contribution < 1.29 is 9.09 Å². The second kappa shape index (κ2) is 6.23. The molecule has 0 amide bonds. The lowest BCUT2D eigenvalue weighted by atomic mass is 10.8. The molecule has 68 valence electrons. The summed E-state index contributed by atoms with van der Waals surface area (Å²) in [5, 5.41) is 2.46. The minimum Gasteiger partial charge on any atom is -0.305 e. The van der Waals surface area contributed by atoms with E-state index in [1.807, 2.05) is 0 Å². The summed E-state index contributed by atoms with van der Waals surface area (Å²) in [6.07, 6.45) is 0. The molecule has 0 aliphatic rings. The van der Waals surface area contributed by atoms with E-state index in [9.17, 15) is 4.57 Å². The Balaban J connectivity index is 3.53. The van der Waals surface area contributed by atoms with Gasteiger partial charge in [0, 0.05) is 18.3 Å². The average Bonchev–Trinajstić information content (AvgIpc) is 1.97. The molecule has 0 bridgehead atoms.